The number of hydrogen-bond acceptors (Lipinski definition) is 6. The summed E-state index contributed by atoms with van der Waals surface area (Å²) in [7, 11) is -7.42. The molecule has 2 aromatic carbocycles. The van der Waals surface area contributed by atoms with Crippen molar-refractivity contribution in [1.29, 1.82) is 0 Å². The molecule has 5 nitrogen and oxygen atoms in total. The van der Waals surface area contributed by atoms with Gasteiger partial charge in [-0.2, -0.15) is 0 Å². The van der Waals surface area contributed by atoms with Gasteiger partial charge in [-0.1, -0.05) is 30.3 Å². The molecule has 27 heavy (non-hydrogen) atoms. The van der Waals surface area contributed by atoms with Crippen molar-refractivity contribution in [3.05, 3.63) is 65.5 Å². The SMILES string of the molecule is CS(=O)(=O)c1cc(-c2ccccc2)cc(S(=O)(=O)c2ccc(CN)s2)c1.Cl. The van der Waals surface area contributed by atoms with E-state index in [2.05, 4.69) is 0 Å². The lowest BCUT2D eigenvalue weighted by molar-refractivity contribution is 0.597. The van der Waals surface area contributed by atoms with Gasteiger partial charge in [0.1, 0.15) is 4.21 Å². The monoisotopic (exact) mass is 443 g/mol. The van der Waals surface area contributed by atoms with E-state index in [1.54, 1.807) is 18.2 Å². The molecule has 0 aliphatic rings. The number of benzene rings is 2. The standard InChI is InChI=1S/C18H17NO4S3.ClH/c1-25(20,21)16-9-14(13-5-3-2-4-6-13)10-17(11-16)26(22,23)18-8-7-15(12-19)24-18;/h2-11H,12,19H2,1H3;1H. The van der Waals surface area contributed by atoms with Crippen LogP contribution in [0.1, 0.15) is 4.88 Å². The maximum absolute atomic E-state index is 13.0. The number of thiophene rings is 1. The molecule has 0 spiro atoms. The molecule has 0 unspecified atom stereocenters. The molecular weight excluding hydrogens is 426 g/mol. The van der Waals surface area contributed by atoms with E-state index < -0.39 is 19.7 Å². The maximum Gasteiger partial charge on any atom is 0.216 e. The smallest absolute Gasteiger partial charge is 0.216 e. The largest absolute Gasteiger partial charge is 0.326 e. The lowest BCUT2D eigenvalue weighted by Crippen LogP contribution is -2.04. The van der Waals surface area contributed by atoms with E-state index >= 15 is 0 Å². The molecule has 0 aliphatic carbocycles. The Morgan fingerprint density at radius 3 is 2.04 bits per heavy atom. The molecule has 2 N–H and O–H groups in total. The van der Waals surface area contributed by atoms with Crippen LogP contribution in [0.25, 0.3) is 11.1 Å². The van der Waals surface area contributed by atoms with Gasteiger partial charge < -0.3 is 5.73 Å². The second-order valence-electron chi connectivity index (χ2n) is 5.76. The van der Waals surface area contributed by atoms with Crippen molar-refractivity contribution in [2.75, 3.05) is 6.26 Å². The number of nitrogens with two attached hydrogens (primary N) is 1. The van der Waals surface area contributed by atoms with E-state index in [4.69, 9.17) is 5.73 Å². The summed E-state index contributed by atoms with van der Waals surface area (Å²) in [6.45, 7) is 0.249. The highest BCUT2D eigenvalue weighted by Crippen LogP contribution is 2.32. The van der Waals surface area contributed by atoms with Crippen LogP contribution in [0.4, 0.5) is 0 Å². The van der Waals surface area contributed by atoms with E-state index in [0.29, 0.717) is 5.56 Å². The molecule has 0 saturated carbocycles. The molecule has 0 atom stereocenters. The fourth-order valence-corrected chi connectivity index (χ4v) is 5.93. The molecule has 1 heterocycles. The molecule has 1 aromatic heterocycles. The van der Waals surface area contributed by atoms with Crippen LogP contribution in [0.15, 0.2) is 74.7 Å². The van der Waals surface area contributed by atoms with Gasteiger partial charge in [-0.3, -0.25) is 0 Å². The first-order valence-corrected chi connectivity index (χ1v) is 11.9. The average molecular weight is 444 g/mol. The predicted octanol–water partition coefficient (Wildman–Crippen LogP) is 3.53. The number of sulfone groups is 2. The first kappa shape index (κ1) is 21.6. The molecule has 9 heteroatoms. The van der Waals surface area contributed by atoms with Crippen LogP contribution >= 0.6 is 23.7 Å². The van der Waals surface area contributed by atoms with E-state index in [0.717, 1.165) is 28.0 Å². The molecule has 3 rings (SSSR count). The predicted molar refractivity (Wildman–Crippen MR) is 110 cm³/mol. The molecule has 0 aliphatic heterocycles. The zero-order valence-corrected chi connectivity index (χ0v) is 17.6. The quantitative estimate of drug-likeness (QED) is 0.650. The van der Waals surface area contributed by atoms with Crippen LogP contribution in [0.5, 0.6) is 0 Å². The van der Waals surface area contributed by atoms with Crippen molar-refractivity contribution < 1.29 is 16.8 Å². The minimum absolute atomic E-state index is 0. The van der Waals surface area contributed by atoms with Crippen LogP contribution in [0.3, 0.4) is 0 Å². The third kappa shape index (κ3) is 4.59. The summed E-state index contributed by atoms with van der Waals surface area (Å²) in [5, 5.41) is 0. The Morgan fingerprint density at radius 2 is 1.48 bits per heavy atom. The fourth-order valence-electron chi connectivity index (χ4n) is 2.47. The van der Waals surface area contributed by atoms with E-state index in [1.165, 1.54) is 24.3 Å². The zero-order chi connectivity index (χ0) is 18.9. The Labute approximate surface area is 169 Å². The Kier molecular flexibility index (Phi) is 6.49. The molecule has 0 radical (unpaired) electrons. The Balaban J connectivity index is 0.00000261. The summed E-state index contributed by atoms with van der Waals surface area (Å²) in [6, 6.07) is 16.4. The first-order chi connectivity index (χ1) is 12.2. The van der Waals surface area contributed by atoms with Gasteiger partial charge in [0, 0.05) is 17.7 Å². The molecule has 0 bridgehead atoms. The van der Waals surface area contributed by atoms with E-state index in [9.17, 15) is 16.8 Å². The molecule has 0 amide bonds. The lowest BCUT2D eigenvalue weighted by atomic mass is 10.1. The van der Waals surface area contributed by atoms with E-state index in [1.807, 2.05) is 18.2 Å². The number of halogens is 1. The molecular formula is C18H18ClNO4S3. The third-order valence-electron chi connectivity index (χ3n) is 3.83. The zero-order valence-electron chi connectivity index (χ0n) is 14.3. The average Bonchev–Trinajstić information content (AvgIpc) is 3.11. The van der Waals surface area contributed by atoms with Gasteiger partial charge in [0.15, 0.2) is 9.84 Å². The summed E-state index contributed by atoms with van der Waals surface area (Å²) in [5.74, 6) is 0. The summed E-state index contributed by atoms with van der Waals surface area (Å²) in [4.78, 5) is 0.656. The highest BCUT2D eigenvalue weighted by Gasteiger charge is 2.23. The lowest BCUT2D eigenvalue weighted by Gasteiger charge is -2.09. The summed E-state index contributed by atoms with van der Waals surface area (Å²) >= 11 is 1.09. The number of hydrogen-bond donors (Lipinski definition) is 1. The molecule has 0 fully saturated rings. The van der Waals surface area contributed by atoms with Crippen molar-refractivity contribution in [1.82, 2.24) is 0 Å². The normalized spacial score (nSPS) is 11.8. The minimum atomic E-state index is -3.84. The molecule has 3 aromatic rings. The van der Waals surface area contributed by atoms with Gasteiger partial charge >= 0.3 is 0 Å². The van der Waals surface area contributed by atoms with Crippen LogP contribution in [0.2, 0.25) is 0 Å². The summed E-state index contributed by atoms with van der Waals surface area (Å²) in [6.07, 6.45) is 1.06. The second-order valence-corrected chi connectivity index (χ2v) is 11.1. The highest BCUT2D eigenvalue weighted by molar-refractivity contribution is 7.93. The molecule has 0 saturated heterocycles. The Bertz CT molecular complexity index is 1150. The third-order valence-corrected chi connectivity index (χ3v) is 8.25. The molecule has 144 valence electrons. The van der Waals surface area contributed by atoms with Crippen molar-refractivity contribution in [2.24, 2.45) is 5.73 Å². The van der Waals surface area contributed by atoms with Gasteiger partial charge in [0.2, 0.25) is 9.84 Å². The first-order valence-electron chi connectivity index (χ1n) is 7.66. The Morgan fingerprint density at radius 1 is 0.852 bits per heavy atom. The van der Waals surface area contributed by atoms with Gasteiger partial charge in [0.25, 0.3) is 0 Å². The van der Waals surface area contributed by atoms with Crippen LogP contribution < -0.4 is 5.73 Å². The van der Waals surface area contributed by atoms with Gasteiger partial charge in [0.05, 0.1) is 9.79 Å². The highest BCUT2D eigenvalue weighted by atomic mass is 35.5. The maximum atomic E-state index is 13.0. The van der Waals surface area contributed by atoms with Crippen molar-refractivity contribution in [3.63, 3.8) is 0 Å². The van der Waals surface area contributed by atoms with Crippen molar-refractivity contribution in [3.8, 4) is 11.1 Å². The van der Waals surface area contributed by atoms with Crippen LogP contribution in [-0.2, 0) is 26.2 Å². The van der Waals surface area contributed by atoms with Gasteiger partial charge in [-0.25, -0.2) is 16.8 Å². The second kappa shape index (κ2) is 8.12. The summed E-state index contributed by atoms with van der Waals surface area (Å²) in [5.41, 5.74) is 6.83. The van der Waals surface area contributed by atoms with Crippen LogP contribution in [-0.4, -0.2) is 23.1 Å². The summed E-state index contributed by atoms with van der Waals surface area (Å²) < 4.78 is 50.3. The Hall–Kier alpha value is -1.71. The van der Waals surface area contributed by atoms with Gasteiger partial charge in [-0.15, -0.1) is 23.7 Å². The van der Waals surface area contributed by atoms with E-state index in [-0.39, 0.29) is 33.0 Å². The minimum Gasteiger partial charge on any atom is -0.326 e. The topological polar surface area (TPSA) is 94.3 Å². The van der Waals surface area contributed by atoms with Gasteiger partial charge in [-0.05, 0) is 41.5 Å². The van der Waals surface area contributed by atoms with Crippen molar-refractivity contribution >= 4 is 43.4 Å². The number of rotatable bonds is 5. The van der Waals surface area contributed by atoms with Crippen LogP contribution in [0, 0.1) is 0 Å². The van der Waals surface area contributed by atoms with Crippen molar-refractivity contribution in [2.45, 2.75) is 20.5 Å². The fraction of sp³-hybridized carbons (Fsp3) is 0.111.